The van der Waals surface area contributed by atoms with Crippen LogP contribution < -0.4 is 5.32 Å². The molecule has 1 saturated heterocycles. The van der Waals surface area contributed by atoms with Crippen LogP contribution >= 0.6 is 0 Å². The third-order valence-corrected chi connectivity index (χ3v) is 3.96. The van der Waals surface area contributed by atoms with Crippen molar-refractivity contribution in [2.24, 2.45) is 5.92 Å². The fourth-order valence-corrected chi connectivity index (χ4v) is 2.70. The Labute approximate surface area is 134 Å². The van der Waals surface area contributed by atoms with E-state index in [-0.39, 0.29) is 24.2 Å². The molecular weight excluding hydrogens is 294 g/mol. The van der Waals surface area contributed by atoms with Crippen molar-refractivity contribution in [2.75, 3.05) is 13.1 Å². The normalized spacial score (nSPS) is 17.5. The molecule has 0 radical (unpaired) electrons. The van der Waals surface area contributed by atoms with Crippen LogP contribution in [0.5, 0.6) is 0 Å². The van der Waals surface area contributed by atoms with Crippen molar-refractivity contribution in [1.29, 1.82) is 0 Å². The van der Waals surface area contributed by atoms with Gasteiger partial charge in [-0.1, -0.05) is 0 Å². The number of carbonyl (C=O) groups excluding carboxylic acids is 2. The number of H-pyrrole nitrogens is 1. The Morgan fingerprint density at radius 1 is 1.35 bits per heavy atom. The largest absolute Gasteiger partial charge is 0.355 e. The summed E-state index contributed by atoms with van der Waals surface area (Å²) in [5.41, 5.74) is 2.00. The summed E-state index contributed by atoms with van der Waals surface area (Å²) < 4.78 is 0. The SMILES string of the molecule is O=C(NCCc1cnc[nH]1)[C@@H]1CC(=O)N(Cc2ccncc2)C1. The smallest absolute Gasteiger partial charge is 0.225 e. The predicted octanol–water partition coefficient (Wildman–Crippen LogP) is 0.512. The molecule has 23 heavy (non-hydrogen) atoms. The highest BCUT2D eigenvalue weighted by Crippen LogP contribution is 2.20. The lowest BCUT2D eigenvalue weighted by atomic mass is 10.1. The van der Waals surface area contributed by atoms with Gasteiger partial charge >= 0.3 is 0 Å². The molecule has 1 aliphatic rings. The second kappa shape index (κ2) is 7.04. The average Bonchev–Trinajstić information content (AvgIpc) is 3.19. The lowest BCUT2D eigenvalue weighted by molar-refractivity contribution is -0.129. The van der Waals surface area contributed by atoms with E-state index in [0.29, 0.717) is 26.1 Å². The Kier molecular flexibility index (Phi) is 4.65. The number of aromatic nitrogens is 3. The standard InChI is InChI=1S/C16H19N5O2/c22-15-7-13(10-21(15)9-12-1-4-17-5-2-12)16(23)19-6-3-14-8-18-11-20-14/h1-2,4-5,8,11,13H,3,6-7,9-10H2,(H,18,20)(H,19,23)/t13-/m1/s1. The summed E-state index contributed by atoms with van der Waals surface area (Å²) in [6, 6.07) is 3.76. The van der Waals surface area contributed by atoms with Crippen molar-refractivity contribution in [3.63, 3.8) is 0 Å². The van der Waals surface area contributed by atoms with E-state index < -0.39 is 0 Å². The van der Waals surface area contributed by atoms with Gasteiger partial charge in [-0.25, -0.2) is 4.98 Å². The fraction of sp³-hybridized carbons (Fsp3) is 0.375. The van der Waals surface area contributed by atoms with Crippen molar-refractivity contribution < 1.29 is 9.59 Å². The molecule has 0 aliphatic carbocycles. The van der Waals surface area contributed by atoms with E-state index in [2.05, 4.69) is 20.3 Å². The fourth-order valence-electron chi connectivity index (χ4n) is 2.70. The van der Waals surface area contributed by atoms with Gasteiger partial charge in [-0.05, 0) is 17.7 Å². The molecule has 7 heteroatoms. The molecule has 1 atom stereocenters. The minimum Gasteiger partial charge on any atom is -0.355 e. The molecule has 0 spiro atoms. The van der Waals surface area contributed by atoms with Gasteiger partial charge in [0.05, 0.1) is 12.2 Å². The Balaban J connectivity index is 1.47. The number of nitrogens with zero attached hydrogens (tertiary/aromatic N) is 3. The predicted molar refractivity (Wildman–Crippen MR) is 83.1 cm³/mol. The number of amides is 2. The van der Waals surface area contributed by atoms with Crippen LogP contribution in [0.25, 0.3) is 0 Å². The molecule has 2 amide bonds. The van der Waals surface area contributed by atoms with E-state index >= 15 is 0 Å². The van der Waals surface area contributed by atoms with Gasteiger partial charge < -0.3 is 15.2 Å². The number of hydrogen-bond donors (Lipinski definition) is 2. The highest BCUT2D eigenvalue weighted by atomic mass is 16.2. The molecule has 0 saturated carbocycles. The minimum absolute atomic E-state index is 0.0236. The van der Waals surface area contributed by atoms with Gasteiger partial charge in [-0.3, -0.25) is 14.6 Å². The van der Waals surface area contributed by atoms with Gasteiger partial charge in [0.25, 0.3) is 0 Å². The van der Waals surface area contributed by atoms with Gasteiger partial charge in [0.15, 0.2) is 0 Å². The summed E-state index contributed by atoms with van der Waals surface area (Å²) >= 11 is 0. The zero-order valence-corrected chi connectivity index (χ0v) is 12.7. The van der Waals surface area contributed by atoms with Crippen LogP contribution in [0.3, 0.4) is 0 Å². The van der Waals surface area contributed by atoms with Crippen LogP contribution in [0.2, 0.25) is 0 Å². The second-order valence-electron chi connectivity index (χ2n) is 5.65. The molecule has 7 nitrogen and oxygen atoms in total. The van der Waals surface area contributed by atoms with Crippen LogP contribution in [0.1, 0.15) is 17.7 Å². The van der Waals surface area contributed by atoms with E-state index in [4.69, 9.17) is 0 Å². The second-order valence-corrected chi connectivity index (χ2v) is 5.65. The van der Waals surface area contributed by atoms with Crippen LogP contribution in [0.4, 0.5) is 0 Å². The molecule has 1 fully saturated rings. The number of rotatable bonds is 6. The number of pyridine rings is 1. The molecule has 1 aliphatic heterocycles. The maximum Gasteiger partial charge on any atom is 0.225 e. The van der Waals surface area contributed by atoms with Crippen LogP contribution in [-0.2, 0) is 22.6 Å². The number of imidazole rings is 1. The van der Waals surface area contributed by atoms with Crippen molar-refractivity contribution >= 4 is 11.8 Å². The summed E-state index contributed by atoms with van der Waals surface area (Å²) in [6.07, 6.45) is 7.74. The summed E-state index contributed by atoms with van der Waals surface area (Å²) in [4.78, 5) is 36.9. The molecule has 2 N–H and O–H groups in total. The Morgan fingerprint density at radius 2 is 2.17 bits per heavy atom. The summed E-state index contributed by atoms with van der Waals surface area (Å²) in [5, 5.41) is 2.89. The summed E-state index contributed by atoms with van der Waals surface area (Å²) in [5.74, 6) is -0.309. The van der Waals surface area contributed by atoms with E-state index in [9.17, 15) is 9.59 Å². The first-order chi connectivity index (χ1) is 11.2. The van der Waals surface area contributed by atoms with Crippen LogP contribution in [0.15, 0.2) is 37.1 Å². The topological polar surface area (TPSA) is 91.0 Å². The van der Waals surface area contributed by atoms with E-state index in [1.54, 1.807) is 29.8 Å². The number of nitrogens with one attached hydrogen (secondary N) is 2. The minimum atomic E-state index is -0.272. The van der Waals surface area contributed by atoms with Gasteiger partial charge in [0.2, 0.25) is 11.8 Å². The van der Waals surface area contributed by atoms with E-state index in [1.165, 1.54) is 0 Å². The first-order valence-corrected chi connectivity index (χ1v) is 7.64. The molecule has 2 aromatic heterocycles. The van der Waals surface area contributed by atoms with Crippen molar-refractivity contribution in [2.45, 2.75) is 19.4 Å². The maximum atomic E-state index is 12.2. The third kappa shape index (κ3) is 3.94. The molecule has 0 aromatic carbocycles. The first kappa shape index (κ1) is 15.2. The zero-order chi connectivity index (χ0) is 16.1. The maximum absolute atomic E-state index is 12.2. The van der Waals surface area contributed by atoms with Crippen molar-refractivity contribution in [1.82, 2.24) is 25.2 Å². The first-order valence-electron chi connectivity index (χ1n) is 7.64. The highest BCUT2D eigenvalue weighted by molar-refractivity contribution is 5.89. The Hall–Kier alpha value is -2.70. The van der Waals surface area contributed by atoms with Gasteiger partial charge in [-0.2, -0.15) is 0 Å². The van der Waals surface area contributed by atoms with Crippen LogP contribution in [0, 0.1) is 5.92 Å². The van der Waals surface area contributed by atoms with Gasteiger partial charge in [-0.15, -0.1) is 0 Å². The number of aromatic amines is 1. The summed E-state index contributed by atoms with van der Waals surface area (Å²) in [7, 11) is 0. The molecule has 0 bridgehead atoms. The Bertz CT molecular complexity index is 656. The number of carbonyl (C=O) groups is 2. The molecule has 3 rings (SSSR count). The molecular formula is C16H19N5O2. The quantitative estimate of drug-likeness (QED) is 0.813. The van der Waals surface area contributed by atoms with E-state index in [0.717, 1.165) is 11.3 Å². The average molecular weight is 313 g/mol. The molecule has 2 aromatic rings. The monoisotopic (exact) mass is 313 g/mol. The van der Waals surface area contributed by atoms with Crippen molar-refractivity contribution in [3.05, 3.63) is 48.3 Å². The zero-order valence-electron chi connectivity index (χ0n) is 12.7. The third-order valence-electron chi connectivity index (χ3n) is 3.96. The highest BCUT2D eigenvalue weighted by Gasteiger charge is 2.33. The van der Waals surface area contributed by atoms with Gasteiger partial charge in [0.1, 0.15) is 0 Å². The van der Waals surface area contributed by atoms with Crippen molar-refractivity contribution in [3.8, 4) is 0 Å². The molecule has 0 unspecified atom stereocenters. The lowest BCUT2D eigenvalue weighted by Gasteiger charge is -2.16. The van der Waals surface area contributed by atoms with E-state index in [1.807, 2.05) is 12.1 Å². The lowest BCUT2D eigenvalue weighted by Crippen LogP contribution is -2.34. The number of likely N-dealkylation sites (tertiary alicyclic amines) is 1. The summed E-state index contributed by atoms with van der Waals surface area (Å²) in [6.45, 7) is 1.53. The van der Waals surface area contributed by atoms with Crippen LogP contribution in [-0.4, -0.2) is 44.8 Å². The molecule has 120 valence electrons. The van der Waals surface area contributed by atoms with Gasteiger partial charge in [0, 0.05) is 56.8 Å². The molecule has 3 heterocycles. The number of hydrogen-bond acceptors (Lipinski definition) is 4. The Morgan fingerprint density at radius 3 is 2.91 bits per heavy atom.